The van der Waals surface area contributed by atoms with Crippen LogP contribution in [0.2, 0.25) is 0 Å². The highest BCUT2D eigenvalue weighted by Gasteiger charge is 2.36. The second kappa shape index (κ2) is 12.0. The number of ether oxygens (including phenoxy) is 3. The summed E-state index contributed by atoms with van der Waals surface area (Å²) in [5.74, 6) is 2.30. The van der Waals surface area contributed by atoms with Crippen LogP contribution in [0.5, 0.6) is 11.5 Å². The van der Waals surface area contributed by atoms with E-state index >= 15 is 0 Å². The van der Waals surface area contributed by atoms with Gasteiger partial charge in [-0.1, -0.05) is 62.0 Å². The second-order valence-electron chi connectivity index (χ2n) is 8.21. The number of hydrogen-bond acceptors (Lipinski definition) is 8. The Bertz CT molecular complexity index is 1230. The van der Waals surface area contributed by atoms with Gasteiger partial charge in [0.1, 0.15) is 12.6 Å². The Morgan fingerprint density at radius 3 is 2.61 bits per heavy atom. The van der Waals surface area contributed by atoms with Gasteiger partial charge in [0.15, 0.2) is 11.5 Å². The molecule has 1 aromatic heterocycles. The first-order chi connectivity index (χ1) is 17.5. The van der Waals surface area contributed by atoms with Gasteiger partial charge in [0, 0.05) is 5.70 Å². The smallest absolute Gasteiger partial charge is 0.338 e. The van der Waals surface area contributed by atoms with Crippen LogP contribution in [-0.4, -0.2) is 39.7 Å². The fourth-order valence-corrected chi connectivity index (χ4v) is 4.54. The number of nitrogens with zero attached hydrogens (tertiary/aromatic N) is 3. The van der Waals surface area contributed by atoms with Gasteiger partial charge >= 0.3 is 5.97 Å². The van der Waals surface area contributed by atoms with Crippen molar-refractivity contribution in [2.24, 2.45) is 0 Å². The van der Waals surface area contributed by atoms with Gasteiger partial charge in [0.25, 0.3) is 0 Å². The number of nitrogens with one attached hydrogen (secondary N) is 1. The monoisotopic (exact) mass is 508 g/mol. The van der Waals surface area contributed by atoms with E-state index in [1.165, 1.54) is 0 Å². The van der Waals surface area contributed by atoms with E-state index in [1.54, 1.807) is 16.4 Å². The van der Waals surface area contributed by atoms with Gasteiger partial charge in [-0.3, -0.25) is 0 Å². The van der Waals surface area contributed by atoms with E-state index in [2.05, 4.69) is 24.1 Å². The summed E-state index contributed by atoms with van der Waals surface area (Å²) in [5, 5.41) is 8.61. The molecule has 1 atom stereocenters. The number of thioether (sulfide) groups is 1. The molecule has 0 radical (unpaired) electrons. The summed E-state index contributed by atoms with van der Waals surface area (Å²) in [6, 6.07) is 14.8. The largest absolute Gasteiger partial charge is 0.490 e. The Morgan fingerprint density at radius 2 is 1.89 bits per heavy atom. The fourth-order valence-electron chi connectivity index (χ4n) is 3.99. The van der Waals surface area contributed by atoms with E-state index in [4.69, 9.17) is 19.3 Å². The van der Waals surface area contributed by atoms with Crippen LogP contribution in [0.3, 0.4) is 0 Å². The molecule has 0 fully saturated rings. The maximum absolute atomic E-state index is 13.5. The highest BCUT2D eigenvalue weighted by molar-refractivity contribution is 7.99. The minimum Gasteiger partial charge on any atom is -0.490 e. The van der Waals surface area contributed by atoms with E-state index in [0.29, 0.717) is 47.1 Å². The number of benzene rings is 2. The summed E-state index contributed by atoms with van der Waals surface area (Å²) in [4.78, 5) is 18.1. The van der Waals surface area contributed by atoms with Gasteiger partial charge in [0.2, 0.25) is 11.1 Å². The van der Waals surface area contributed by atoms with Crippen LogP contribution in [0.4, 0.5) is 5.95 Å². The maximum atomic E-state index is 13.5. The zero-order valence-corrected chi connectivity index (χ0v) is 21.9. The molecule has 0 amide bonds. The highest BCUT2D eigenvalue weighted by Crippen LogP contribution is 2.40. The molecule has 1 unspecified atom stereocenters. The van der Waals surface area contributed by atoms with Crippen LogP contribution in [0, 0.1) is 0 Å². The van der Waals surface area contributed by atoms with Crippen LogP contribution in [0.25, 0.3) is 0 Å². The Hall–Kier alpha value is -3.46. The molecule has 0 bridgehead atoms. The lowest BCUT2D eigenvalue weighted by Crippen LogP contribution is -2.29. The van der Waals surface area contributed by atoms with Gasteiger partial charge in [-0.2, -0.15) is 4.98 Å². The molecule has 190 valence electrons. The minimum absolute atomic E-state index is 0.179. The zero-order valence-electron chi connectivity index (χ0n) is 21.1. The van der Waals surface area contributed by atoms with E-state index in [0.717, 1.165) is 23.3 Å². The average Bonchev–Trinajstić information content (AvgIpc) is 3.28. The Labute approximate surface area is 216 Å². The number of fused-ring (bicyclic) bond motifs is 1. The first-order valence-electron chi connectivity index (χ1n) is 12.2. The summed E-state index contributed by atoms with van der Waals surface area (Å²) in [7, 11) is 0. The summed E-state index contributed by atoms with van der Waals surface area (Å²) in [6.45, 7) is 9.16. The topological polar surface area (TPSA) is 87.5 Å². The molecule has 0 saturated carbocycles. The van der Waals surface area contributed by atoms with Gasteiger partial charge in [-0.05, 0) is 49.3 Å². The van der Waals surface area contributed by atoms with E-state index in [9.17, 15) is 4.79 Å². The number of hydrogen-bond donors (Lipinski definition) is 1. The molecule has 2 aromatic carbocycles. The lowest BCUT2D eigenvalue weighted by atomic mass is 9.95. The first-order valence-corrected chi connectivity index (χ1v) is 13.2. The third-order valence-electron chi connectivity index (χ3n) is 5.58. The summed E-state index contributed by atoms with van der Waals surface area (Å²) in [5.41, 5.74) is 2.90. The Balaban J connectivity index is 1.74. The molecule has 8 nitrogen and oxygen atoms in total. The van der Waals surface area contributed by atoms with Crippen LogP contribution >= 0.6 is 11.8 Å². The van der Waals surface area contributed by atoms with Gasteiger partial charge in [0.05, 0.1) is 18.8 Å². The van der Waals surface area contributed by atoms with Crippen molar-refractivity contribution in [3.63, 3.8) is 0 Å². The molecule has 0 spiro atoms. The molecule has 1 aliphatic heterocycles. The number of anilines is 1. The molecule has 4 rings (SSSR count). The second-order valence-corrected chi connectivity index (χ2v) is 9.44. The SMILES string of the molecule is CCCOc1ccc(C2C(C(=O)OCc3ccccc3)=C(C)Nc3nc(SCC)nn32)cc1OCC. The third kappa shape index (κ3) is 5.67. The molecule has 9 heteroatoms. The first kappa shape index (κ1) is 25.6. The van der Waals surface area contributed by atoms with Crippen molar-refractivity contribution >= 4 is 23.7 Å². The van der Waals surface area contributed by atoms with Gasteiger partial charge < -0.3 is 19.5 Å². The molecular weight excluding hydrogens is 476 g/mol. The van der Waals surface area contributed by atoms with Crippen LogP contribution in [-0.2, 0) is 16.1 Å². The number of carbonyl (C=O) groups is 1. The molecule has 1 aliphatic rings. The van der Waals surface area contributed by atoms with Crippen molar-refractivity contribution in [2.75, 3.05) is 24.3 Å². The molecule has 0 aliphatic carbocycles. The summed E-state index contributed by atoms with van der Waals surface area (Å²) >= 11 is 1.54. The average molecular weight is 509 g/mol. The number of rotatable bonds is 11. The van der Waals surface area contributed by atoms with Crippen molar-refractivity contribution in [2.45, 2.75) is 51.9 Å². The van der Waals surface area contributed by atoms with Crippen molar-refractivity contribution in [3.8, 4) is 11.5 Å². The van der Waals surface area contributed by atoms with Crippen LogP contribution < -0.4 is 14.8 Å². The molecule has 0 saturated heterocycles. The molecule has 1 N–H and O–H groups in total. The van der Waals surface area contributed by atoms with Crippen molar-refractivity contribution < 1.29 is 19.0 Å². The third-order valence-corrected chi connectivity index (χ3v) is 6.30. The van der Waals surface area contributed by atoms with E-state index in [-0.39, 0.29) is 6.61 Å². The normalized spacial score (nSPS) is 14.7. The highest BCUT2D eigenvalue weighted by atomic mass is 32.2. The minimum atomic E-state index is -0.539. The van der Waals surface area contributed by atoms with Crippen molar-refractivity contribution in [1.29, 1.82) is 0 Å². The van der Waals surface area contributed by atoms with Crippen molar-refractivity contribution in [1.82, 2.24) is 14.8 Å². The predicted molar refractivity (Wildman–Crippen MR) is 141 cm³/mol. The van der Waals surface area contributed by atoms with Gasteiger partial charge in [-0.25, -0.2) is 9.48 Å². The van der Waals surface area contributed by atoms with Gasteiger partial charge in [-0.15, -0.1) is 5.10 Å². The molecule has 2 heterocycles. The lowest BCUT2D eigenvalue weighted by Gasteiger charge is -2.28. The lowest BCUT2D eigenvalue weighted by molar-refractivity contribution is -0.140. The van der Waals surface area contributed by atoms with E-state index < -0.39 is 12.0 Å². The zero-order chi connectivity index (χ0) is 25.5. The van der Waals surface area contributed by atoms with Crippen LogP contribution in [0.15, 0.2) is 65.0 Å². The Kier molecular flexibility index (Phi) is 8.53. The number of esters is 1. The molecule has 36 heavy (non-hydrogen) atoms. The number of carbonyl (C=O) groups excluding carboxylic acids is 1. The van der Waals surface area contributed by atoms with Crippen LogP contribution in [0.1, 0.15) is 51.3 Å². The summed E-state index contributed by atoms with van der Waals surface area (Å²) in [6.07, 6.45) is 0.890. The number of aromatic nitrogens is 3. The van der Waals surface area contributed by atoms with E-state index in [1.807, 2.05) is 62.4 Å². The predicted octanol–water partition coefficient (Wildman–Crippen LogP) is 5.61. The fraction of sp³-hybridized carbons (Fsp3) is 0.370. The quantitative estimate of drug-likeness (QED) is 0.264. The number of allylic oxidation sites excluding steroid dienone is 1. The standard InChI is InChI=1S/C27H32N4O4S/c1-5-15-34-21-14-13-20(16-22(21)33-6-2)24-23(25(32)35-17-19-11-9-8-10-12-19)18(4)28-26-29-27(36-7-3)30-31(24)26/h8-14,16,24H,5-7,15,17H2,1-4H3,(H,28,29,30). The molecule has 3 aromatic rings. The Morgan fingerprint density at radius 1 is 1.08 bits per heavy atom. The van der Waals surface area contributed by atoms with Crippen molar-refractivity contribution in [3.05, 3.63) is 70.9 Å². The molecular formula is C27H32N4O4S. The maximum Gasteiger partial charge on any atom is 0.338 e. The summed E-state index contributed by atoms with van der Waals surface area (Å²) < 4.78 is 19.3.